The van der Waals surface area contributed by atoms with Crippen LogP contribution in [0.3, 0.4) is 0 Å². The number of rotatable bonds is 3. The van der Waals surface area contributed by atoms with E-state index in [1.54, 1.807) is 11.3 Å². The Hall–Kier alpha value is -2.46. The molecule has 120 valence electrons. The predicted octanol–water partition coefficient (Wildman–Crippen LogP) is 5.72. The second-order valence-electron chi connectivity index (χ2n) is 5.94. The number of thiazole rings is 1. The van der Waals surface area contributed by atoms with Crippen molar-refractivity contribution in [2.75, 3.05) is 5.43 Å². The van der Waals surface area contributed by atoms with Gasteiger partial charge in [-0.1, -0.05) is 53.8 Å². The summed E-state index contributed by atoms with van der Waals surface area (Å²) in [4.78, 5) is 4.59. The molecule has 0 saturated heterocycles. The first-order valence-corrected chi connectivity index (χ1v) is 9.14. The van der Waals surface area contributed by atoms with Crippen LogP contribution in [-0.2, 0) is 0 Å². The summed E-state index contributed by atoms with van der Waals surface area (Å²) in [6.07, 6.45) is 6.81. The molecule has 1 heterocycles. The molecular formula is C20H19N3S. The van der Waals surface area contributed by atoms with E-state index in [0.717, 1.165) is 29.2 Å². The van der Waals surface area contributed by atoms with Crippen molar-refractivity contribution in [2.24, 2.45) is 5.10 Å². The molecule has 0 amide bonds. The smallest absolute Gasteiger partial charge is 0.204 e. The third-order valence-electron chi connectivity index (χ3n) is 4.20. The fourth-order valence-corrected chi connectivity index (χ4v) is 3.79. The van der Waals surface area contributed by atoms with Crippen LogP contribution in [0, 0.1) is 0 Å². The van der Waals surface area contributed by atoms with E-state index < -0.39 is 0 Å². The van der Waals surface area contributed by atoms with Crippen molar-refractivity contribution >= 4 is 38.5 Å². The quantitative estimate of drug-likeness (QED) is 0.622. The lowest BCUT2D eigenvalue weighted by molar-refractivity contribution is 0.734. The summed E-state index contributed by atoms with van der Waals surface area (Å²) < 4.78 is 1.18. The first-order chi connectivity index (χ1) is 11.9. The van der Waals surface area contributed by atoms with Crippen LogP contribution in [0.5, 0.6) is 0 Å². The van der Waals surface area contributed by atoms with Crippen LogP contribution in [0.25, 0.3) is 16.3 Å². The average Bonchev–Trinajstić information content (AvgIpc) is 3.05. The van der Waals surface area contributed by atoms with Gasteiger partial charge in [0, 0.05) is 0 Å². The van der Waals surface area contributed by atoms with Gasteiger partial charge in [-0.2, -0.15) is 5.10 Å². The SMILES string of the molecule is C(=C1CCCCC1=NNc1nc2ccccc2s1)c1ccccc1. The van der Waals surface area contributed by atoms with Gasteiger partial charge in [-0.05, 0) is 55.0 Å². The lowest BCUT2D eigenvalue weighted by Crippen LogP contribution is -2.11. The minimum atomic E-state index is 0.855. The third kappa shape index (κ3) is 3.39. The number of para-hydroxylation sites is 1. The molecule has 0 atom stereocenters. The lowest BCUT2D eigenvalue weighted by atomic mass is 9.91. The Bertz CT molecular complexity index is 860. The highest BCUT2D eigenvalue weighted by molar-refractivity contribution is 7.22. The van der Waals surface area contributed by atoms with E-state index in [9.17, 15) is 0 Å². The van der Waals surface area contributed by atoms with Crippen molar-refractivity contribution in [3.05, 3.63) is 65.7 Å². The largest absolute Gasteiger partial charge is 0.252 e. The van der Waals surface area contributed by atoms with E-state index >= 15 is 0 Å². The molecule has 1 aliphatic rings. The van der Waals surface area contributed by atoms with Gasteiger partial charge in [0.05, 0.1) is 15.9 Å². The number of allylic oxidation sites excluding steroid dienone is 1. The molecular weight excluding hydrogens is 314 g/mol. The summed E-state index contributed by atoms with van der Waals surface area (Å²) in [5, 5.41) is 5.53. The van der Waals surface area contributed by atoms with Gasteiger partial charge in [-0.3, -0.25) is 5.43 Å². The molecule has 0 bridgehead atoms. The molecule has 1 fully saturated rings. The number of anilines is 1. The fraction of sp³-hybridized carbons (Fsp3) is 0.200. The predicted molar refractivity (Wildman–Crippen MR) is 104 cm³/mol. The van der Waals surface area contributed by atoms with Gasteiger partial charge < -0.3 is 0 Å². The number of hydrazone groups is 1. The van der Waals surface area contributed by atoms with Gasteiger partial charge in [0.1, 0.15) is 0 Å². The number of aromatic nitrogens is 1. The van der Waals surface area contributed by atoms with Gasteiger partial charge in [-0.15, -0.1) is 0 Å². The van der Waals surface area contributed by atoms with E-state index in [0.29, 0.717) is 0 Å². The molecule has 4 heteroatoms. The van der Waals surface area contributed by atoms with Gasteiger partial charge >= 0.3 is 0 Å². The highest BCUT2D eigenvalue weighted by Crippen LogP contribution is 2.27. The zero-order chi connectivity index (χ0) is 16.2. The highest BCUT2D eigenvalue weighted by Gasteiger charge is 2.14. The topological polar surface area (TPSA) is 37.3 Å². The maximum Gasteiger partial charge on any atom is 0.204 e. The van der Waals surface area contributed by atoms with Crippen molar-refractivity contribution in [3.63, 3.8) is 0 Å². The fourth-order valence-electron chi connectivity index (χ4n) is 2.98. The second kappa shape index (κ2) is 6.97. The second-order valence-corrected chi connectivity index (χ2v) is 6.98. The summed E-state index contributed by atoms with van der Waals surface area (Å²) in [6, 6.07) is 18.7. The normalized spacial score (nSPS) is 18.3. The number of benzene rings is 2. The van der Waals surface area contributed by atoms with Crippen LogP contribution in [0.1, 0.15) is 31.2 Å². The number of nitrogens with one attached hydrogen (secondary N) is 1. The van der Waals surface area contributed by atoms with Crippen LogP contribution in [0.4, 0.5) is 5.13 Å². The molecule has 1 N–H and O–H groups in total. The molecule has 24 heavy (non-hydrogen) atoms. The average molecular weight is 333 g/mol. The maximum absolute atomic E-state index is 4.67. The Labute approximate surface area is 145 Å². The van der Waals surface area contributed by atoms with Crippen molar-refractivity contribution in [3.8, 4) is 0 Å². The summed E-state index contributed by atoms with van der Waals surface area (Å²) >= 11 is 1.64. The monoisotopic (exact) mass is 333 g/mol. The maximum atomic E-state index is 4.67. The molecule has 0 unspecified atom stereocenters. The zero-order valence-electron chi connectivity index (χ0n) is 13.4. The summed E-state index contributed by atoms with van der Waals surface area (Å²) in [5.74, 6) is 0. The molecule has 2 aromatic carbocycles. The minimum Gasteiger partial charge on any atom is -0.252 e. The van der Waals surface area contributed by atoms with E-state index in [4.69, 9.17) is 0 Å². The van der Waals surface area contributed by atoms with Crippen molar-refractivity contribution in [1.82, 2.24) is 4.98 Å². The molecule has 0 spiro atoms. The van der Waals surface area contributed by atoms with E-state index in [-0.39, 0.29) is 0 Å². The molecule has 0 radical (unpaired) electrons. The highest BCUT2D eigenvalue weighted by atomic mass is 32.1. The number of hydrogen-bond acceptors (Lipinski definition) is 4. The first-order valence-electron chi connectivity index (χ1n) is 8.33. The summed E-state index contributed by atoms with van der Waals surface area (Å²) in [7, 11) is 0. The van der Waals surface area contributed by atoms with Crippen LogP contribution in [0.2, 0.25) is 0 Å². The van der Waals surface area contributed by atoms with E-state index in [1.165, 1.54) is 28.7 Å². The number of nitrogens with zero attached hydrogens (tertiary/aromatic N) is 2. The third-order valence-corrected chi connectivity index (χ3v) is 5.14. The molecule has 1 aliphatic carbocycles. The van der Waals surface area contributed by atoms with Crippen molar-refractivity contribution in [1.29, 1.82) is 0 Å². The van der Waals surface area contributed by atoms with Gasteiger partial charge in [0.15, 0.2) is 0 Å². The summed E-state index contributed by atoms with van der Waals surface area (Å²) in [6.45, 7) is 0. The molecule has 1 aromatic heterocycles. The lowest BCUT2D eigenvalue weighted by Gasteiger charge is -2.16. The van der Waals surface area contributed by atoms with Gasteiger partial charge in [0.2, 0.25) is 5.13 Å². The molecule has 3 aromatic rings. The minimum absolute atomic E-state index is 0.855. The van der Waals surface area contributed by atoms with Crippen molar-refractivity contribution < 1.29 is 0 Å². The number of hydrogen-bond donors (Lipinski definition) is 1. The Balaban J connectivity index is 1.58. The molecule has 3 nitrogen and oxygen atoms in total. The first kappa shape index (κ1) is 15.1. The van der Waals surface area contributed by atoms with Gasteiger partial charge in [0.25, 0.3) is 0 Å². The Morgan fingerprint density at radius 2 is 1.75 bits per heavy atom. The van der Waals surface area contributed by atoms with E-state index in [2.05, 4.69) is 51.9 Å². The van der Waals surface area contributed by atoms with Crippen LogP contribution in [-0.4, -0.2) is 10.7 Å². The Morgan fingerprint density at radius 1 is 0.958 bits per heavy atom. The van der Waals surface area contributed by atoms with Gasteiger partial charge in [-0.25, -0.2) is 4.98 Å². The summed E-state index contributed by atoms with van der Waals surface area (Å²) in [5.41, 5.74) is 7.93. The zero-order valence-corrected chi connectivity index (χ0v) is 14.2. The van der Waals surface area contributed by atoms with Crippen LogP contribution in [0.15, 0.2) is 65.3 Å². The molecule has 1 saturated carbocycles. The van der Waals surface area contributed by atoms with E-state index in [1.807, 2.05) is 24.3 Å². The molecule has 0 aliphatic heterocycles. The Kier molecular flexibility index (Phi) is 4.38. The Morgan fingerprint density at radius 3 is 2.62 bits per heavy atom. The molecule has 4 rings (SSSR count). The van der Waals surface area contributed by atoms with Crippen LogP contribution < -0.4 is 5.43 Å². The van der Waals surface area contributed by atoms with Crippen molar-refractivity contribution in [2.45, 2.75) is 25.7 Å². The standard InChI is InChI=1S/C20H19N3S/c1-2-8-15(9-3-1)14-16-10-4-5-11-17(16)22-23-20-21-18-12-6-7-13-19(18)24-20/h1-3,6-9,12-14H,4-5,10-11H2,(H,21,23). The van der Waals surface area contributed by atoms with Crippen LogP contribution >= 0.6 is 11.3 Å². The number of fused-ring (bicyclic) bond motifs is 1.